The fraction of sp³-hybridized carbons (Fsp3) is 0.500. The minimum absolute atomic E-state index is 0.0321. The van der Waals surface area contributed by atoms with Gasteiger partial charge in [0.25, 0.3) is 0 Å². The minimum Gasteiger partial charge on any atom is -0.344 e. The molecule has 0 bridgehead atoms. The number of carbonyl (C=O) groups excluding carboxylic acids is 2. The van der Waals surface area contributed by atoms with Crippen LogP contribution < -0.4 is 5.32 Å². The van der Waals surface area contributed by atoms with Gasteiger partial charge in [0.1, 0.15) is 6.04 Å². The summed E-state index contributed by atoms with van der Waals surface area (Å²) in [6.07, 6.45) is 6.43. The lowest BCUT2D eigenvalue weighted by Crippen LogP contribution is -2.56. The van der Waals surface area contributed by atoms with Gasteiger partial charge in [0.15, 0.2) is 0 Å². The molecule has 2 aromatic rings. The summed E-state index contributed by atoms with van der Waals surface area (Å²) in [7, 11) is 2.11. The van der Waals surface area contributed by atoms with E-state index in [1.165, 1.54) is 11.1 Å². The Balaban J connectivity index is 0.00000117. The van der Waals surface area contributed by atoms with E-state index in [0.29, 0.717) is 31.0 Å². The summed E-state index contributed by atoms with van der Waals surface area (Å²) in [6, 6.07) is 15.6. The first-order valence-corrected chi connectivity index (χ1v) is 17.7. The zero-order valence-corrected chi connectivity index (χ0v) is 30.8. The molecule has 0 aromatic heterocycles. The number of rotatable bonds is 15. The molecule has 3 atom stereocenters. The Hall–Kier alpha value is -3.19. The lowest BCUT2D eigenvalue weighted by Gasteiger charge is -2.40. The second-order valence-corrected chi connectivity index (χ2v) is 13.0. The molecule has 2 aromatic carbocycles. The molecule has 1 aliphatic heterocycles. The highest BCUT2D eigenvalue weighted by Gasteiger charge is 2.31. The monoisotopic (exact) mass is 662 g/mol. The number of amides is 2. The maximum Gasteiger partial charge on any atom is 0.245 e. The number of benzene rings is 2. The van der Waals surface area contributed by atoms with Gasteiger partial charge in [-0.1, -0.05) is 101 Å². The quantitative estimate of drug-likeness (QED) is 0.196. The van der Waals surface area contributed by atoms with E-state index in [1.807, 2.05) is 48.2 Å². The number of hydrogen-bond donors (Lipinski definition) is 1. The standard InChI is InChI=1S/C35H46ClN3O2.C5H13N/c1-7-29(8-2)30(9-3)17-14-26(5)34(40)37-33(24-28-15-18-31(36)19-16-28)35(41)39-22-20-38(21-23-39)27(6)32-13-11-10-12-25(32)4;1-4-6(3)5-2/h7,9-13,15-16,18-19,26-27,33H,1,3,8,14,17,20-24H2,2,4-6H3,(H,37,40);4-5H2,1-3H3/b30-29-;. The van der Waals surface area contributed by atoms with Crippen LogP contribution in [0.3, 0.4) is 0 Å². The highest BCUT2D eigenvalue weighted by atomic mass is 35.5. The second-order valence-electron chi connectivity index (χ2n) is 12.5. The summed E-state index contributed by atoms with van der Waals surface area (Å²) in [5, 5.41) is 3.75. The molecule has 0 saturated carbocycles. The molecule has 258 valence electrons. The lowest BCUT2D eigenvalue weighted by atomic mass is 9.95. The van der Waals surface area contributed by atoms with Gasteiger partial charge in [0.05, 0.1) is 0 Å². The molecule has 1 fully saturated rings. The van der Waals surface area contributed by atoms with Gasteiger partial charge < -0.3 is 15.1 Å². The van der Waals surface area contributed by atoms with Crippen molar-refractivity contribution in [2.75, 3.05) is 46.3 Å². The van der Waals surface area contributed by atoms with Crippen LogP contribution in [0.4, 0.5) is 0 Å². The van der Waals surface area contributed by atoms with E-state index in [2.05, 4.69) is 94.2 Å². The first kappa shape index (κ1) is 40.0. The van der Waals surface area contributed by atoms with Gasteiger partial charge in [0.2, 0.25) is 11.8 Å². The van der Waals surface area contributed by atoms with Gasteiger partial charge in [-0.2, -0.15) is 0 Å². The fourth-order valence-electron chi connectivity index (χ4n) is 5.80. The maximum absolute atomic E-state index is 13.8. The van der Waals surface area contributed by atoms with Crippen LogP contribution in [0.2, 0.25) is 5.02 Å². The summed E-state index contributed by atoms with van der Waals surface area (Å²) in [5.74, 6) is -0.389. The molecule has 3 unspecified atom stereocenters. The fourth-order valence-corrected chi connectivity index (χ4v) is 5.92. The Kier molecular flexibility index (Phi) is 17.8. The van der Waals surface area contributed by atoms with Gasteiger partial charge in [0, 0.05) is 49.6 Å². The molecule has 0 aliphatic carbocycles. The van der Waals surface area contributed by atoms with Gasteiger partial charge >= 0.3 is 0 Å². The summed E-state index contributed by atoms with van der Waals surface area (Å²) in [4.78, 5) is 33.8. The van der Waals surface area contributed by atoms with Crippen molar-refractivity contribution in [1.29, 1.82) is 0 Å². The van der Waals surface area contributed by atoms with E-state index in [9.17, 15) is 9.59 Å². The Bertz CT molecular complexity index is 1310. The van der Waals surface area contributed by atoms with Crippen molar-refractivity contribution in [3.63, 3.8) is 0 Å². The first-order valence-electron chi connectivity index (χ1n) is 17.3. The minimum atomic E-state index is -0.639. The van der Waals surface area contributed by atoms with Crippen molar-refractivity contribution >= 4 is 23.4 Å². The van der Waals surface area contributed by atoms with E-state index in [4.69, 9.17) is 11.6 Å². The molecule has 6 nitrogen and oxygen atoms in total. The highest BCUT2D eigenvalue weighted by Crippen LogP contribution is 2.25. The van der Waals surface area contributed by atoms with Crippen LogP contribution in [0.5, 0.6) is 0 Å². The van der Waals surface area contributed by atoms with Crippen molar-refractivity contribution < 1.29 is 9.59 Å². The molecule has 1 saturated heterocycles. The van der Waals surface area contributed by atoms with Crippen molar-refractivity contribution in [2.24, 2.45) is 5.92 Å². The van der Waals surface area contributed by atoms with Gasteiger partial charge in [-0.05, 0) is 93.2 Å². The van der Waals surface area contributed by atoms with E-state index in [1.54, 1.807) is 0 Å². The predicted octanol–water partition coefficient (Wildman–Crippen LogP) is 8.03. The molecule has 1 N–H and O–H groups in total. The number of carbonyl (C=O) groups is 2. The molecule has 2 amide bonds. The summed E-state index contributed by atoms with van der Waals surface area (Å²) in [5.41, 5.74) is 5.84. The SMILES string of the molecule is C=C/C(CC)=C(\C=C)CCC(C)C(=O)NC(Cc1ccc(Cl)cc1)C(=O)N1CCN(C(C)c2ccccc2C)CC1.CCN(C)CC. The summed E-state index contributed by atoms with van der Waals surface area (Å²) < 4.78 is 0. The van der Waals surface area contributed by atoms with E-state index < -0.39 is 6.04 Å². The number of allylic oxidation sites excluding steroid dienone is 4. The van der Waals surface area contributed by atoms with Crippen molar-refractivity contribution in [1.82, 2.24) is 20.0 Å². The second kappa shape index (κ2) is 20.9. The number of piperazine rings is 1. The van der Waals surface area contributed by atoms with Gasteiger partial charge in [-0.3, -0.25) is 14.5 Å². The molecule has 3 rings (SSSR count). The van der Waals surface area contributed by atoms with Crippen LogP contribution in [0, 0.1) is 12.8 Å². The number of nitrogens with zero attached hydrogens (tertiary/aromatic N) is 3. The number of aryl methyl sites for hydroxylation is 1. The summed E-state index contributed by atoms with van der Waals surface area (Å²) in [6.45, 7) is 25.7. The zero-order chi connectivity index (χ0) is 34.9. The largest absolute Gasteiger partial charge is 0.344 e. The van der Waals surface area contributed by atoms with Crippen LogP contribution in [0.15, 0.2) is 85.0 Å². The molecule has 7 heteroatoms. The summed E-state index contributed by atoms with van der Waals surface area (Å²) >= 11 is 6.10. The smallest absolute Gasteiger partial charge is 0.245 e. The third-order valence-corrected chi connectivity index (χ3v) is 9.69. The molecule has 0 spiro atoms. The molecule has 47 heavy (non-hydrogen) atoms. The van der Waals surface area contributed by atoms with Crippen LogP contribution in [0.1, 0.15) is 76.6 Å². The van der Waals surface area contributed by atoms with Crippen molar-refractivity contribution in [3.05, 3.63) is 107 Å². The third-order valence-electron chi connectivity index (χ3n) is 9.44. The topological polar surface area (TPSA) is 55.9 Å². The van der Waals surface area contributed by atoms with Gasteiger partial charge in [-0.25, -0.2) is 0 Å². The van der Waals surface area contributed by atoms with Gasteiger partial charge in [-0.15, -0.1) is 0 Å². The molecular weight excluding hydrogens is 604 g/mol. The van der Waals surface area contributed by atoms with Crippen LogP contribution in [0.25, 0.3) is 0 Å². The highest BCUT2D eigenvalue weighted by molar-refractivity contribution is 6.30. The Morgan fingerprint density at radius 2 is 1.53 bits per heavy atom. The van der Waals surface area contributed by atoms with Crippen LogP contribution in [-0.4, -0.2) is 78.9 Å². The average Bonchev–Trinajstić information content (AvgIpc) is 3.10. The molecular formula is C40H59ClN4O2. The average molecular weight is 663 g/mol. The van der Waals surface area contributed by atoms with Crippen LogP contribution in [-0.2, 0) is 16.0 Å². The number of hydrogen-bond acceptors (Lipinski definition) is 4. The number of nitrogens with one attached hydrogen (secondary N) is 1. The normalized spacial score (nSPS) is 15.9. The molecule has 1 aliphatic rings. The predicted molar refractivity (Wildman–Crippen MR) is 200 cm³/mol. The zero-order valence-electron chi connectivity index (χ0n) is 30.0. The van der Waals surface area contributed by atoms with E-state index >= 15 is 0 Å². The Morgan fingerprint density at radius 1 is 0.936 bits per heavy atom. The maximum atomic E-state index is 13.8. The molecule has 0 radical (unpaired) electrons. The van der Waals surface area contributed by atoms with Crippen LogP contribution >= 0.6 is 11.6 Å². The lowest BCUT2D eigenvalue weighted by molar-refractivity contribution is -0.139. The molecule has 1 heterocycles. The first-order chi connectivity index (χ1) is 22.5. The Morgan fingerprint density at radius 3 is 2.04 bits per heavy atom. The van der Waals surface area contributed by atoms with E-state index in [-0.39, 0.29) is 23.8 Å². The third kappa shape index (κ3) is 12.7. The van der Waals surface area contributed by atoms with Crippen molar-refractivity contribution in [2.45, 2.75) is 79.3 Å². The van der Waals surface area contributed by atoms with Crippen molar-refractivity contribution in [3.8, 4) is 0 Å². The number of halogens is 1. The Labute approximate surface area is 290 Å². The van der Waals surface area contributed by atoms with E-state index in [0.717, 1.165) is 55.7 Å².